The van der Waals surface area contributed by atoms with Gasteiger partial charge in [-0.2, -0.15) is 0 Å². The van der Waals surface area contributed by atoms with Gasteiger partial charge in [-0.1, -0.05) is 6.42 Å². The van der Waals surface area contributed by atoms with Crippen molar-refractivity contribution < 1.29 is 9.47 Å². The van der Waals surface area contributed by atoms with E-state index in [-0.39, 0.29) is 24.0 Å². The highest BCUT2D eigenvalue weighted by Crippen LogP contribution is 2.43. The Morgan fingerprint density at radius 3 is 2.76 bits per heavy atom. The Morgan fingerprint density at radius 2 is 2.16 bits per heavy atom. The molecule has 25 heavy (non-hydrogen) atoms. The number of halogens is 1. The van der Waals surface area contributed by atoms with E-state index in [9.17, 15) is 0 Å². The molecule has 0 spiro atoms. The lowest BCUT2D eigenvalue weighted by Crippen LogP contribution is -2.46. The van der Waals surface area contributed by atoms with Gasteiger partial charge in [0.25, 0.3) is 0 Å². The van der Waals surface area contributed by atoms with Gasteiger partial charge in [0.1, 0.15) is 0 Å². The fourth-order valence-electron chi connectivity index (χ4n) is 2.98. The molecule has 0 aliphatic heterocycles. The van der Waals surface area contributed by atoms with Crippen molar-refractivity contribution in [2.75, 3.05) is 33.9 Å². The molecule has 0 aromatic carbocycles. The number of hydrogen-bond donors (Lipinski definition) is 2. The van der Waals surface area contributed by atoms with E-state index in [4.69, 9.17) is 9.47 Å². The second-order valence-corrected chi connectivity index (χ2v) is 6.31. The van der Waals surface area contributed by atoms with Gasteiger partial charge in [-0.05, 0) is 43.2 Å². The van der Waals surface area contributed by atoms with Crippen LogP contribution < -0.4 is 15.4 Å². The lowest BCUT2D eigenvalue weighted by Gasteiger charge is -2.42. The van der Waals surface area contributed by atoms with Crippen LogP contribution in [0.5, 0.6) is 5.88 Å². The summed E-state index contributed by atoms with van der Waals surface area (Å²) in [7, 11) is 3.57. The third-order valence-electron chi connectivity index (χ3n) is 4.66. The quantitative estimate of drug-likeness (QED) is 0.336. The van der Waals surface area contributed by atoms with Crippen molar-refractivity contribution in [3.05, 3.63) is 23.9 Å². The van der Waals surface area contributed by atoms with Gasteiger partial charge in [0.05, 0.1) is 6.61 Å². The van der Waals surface area contributed by atoms with Gasteiger partial charge in [0.2, 0.25) is 5.88 Å². The number of nitrogens with zero attached hydrogens (tertiary/aromatic N) is 2. The Kier molecular flexibility index (Phi) is 10.1. The van der Waals surface area contributed by atoms with E-state index in [0.717, 1.165) is 31.1 Å². The summed E-state index contributed by atoms with van der Waals surface area (Å²) in [5, 5.41) is 6.82. The third kappa shape index (κ3) is 6.97. The van der Waals surface area contributed by atoms with Gasteiger partial charge < -0.3 is 20.1 Å². The maximum absolute atomic E-state index is 5.43. The number of guanidine groups is 1. The Labute approximate surface area is 168 Å². The number of aromatic nitrogens is 1. The summed E-state index contributed by atoms with van der Waals surface area (Å²) in [5.41, 5.74) is 1.49. The van der Waals surface area contributed by atoms with Gasteiger partial charge in [0.15, 0.2) is 5.96 Å². The van der Waals surface area contributed by atoms with Crippen LogP contribution in [0.2, 0.25) is 0 Å². The Hall–Kier alpha value is -1.09. The van der Waals surface area contributed by atoms with E-state index >= 15 is 0 Å². The van der Waals surface area contributed by atoms with Crippen LogP contribution in [0, 0.1) is 5.41 Å². The number of ether oxygens (including phenoxy) is 2. The van der Waals surface area contributed by atoms with Crippen molar-refractivity contribution in [3.8, 4) is 5.88 Å². The van der Waals surface area contributed by atoms with Gasteiger partial charge in [-0.3, -0.25) is 4.99 Å². The average Bonchev–Trinajstić information content (AvgIpc) is 2.57. The summed E-state index contributed by atoms with van der Waals surface area (Å²) in [4.78, 5) is 8.50. The highest BCUT2D eigenvalue weighted by atomic mass is 127. The molecule has 2 N–H and O–H groups in total. The van der Waals surface area contributed by atoms with E-state index in [0.29, 0.717) is 24.4 Å². The first-order valence-corrected chi connectivity index (χ1v) is 8.72. The van der Waals surface area contributed by atoms with Crippen molar-refractivity contribution in [2.45, 2.75) is 39.2 Å². The van der Waals surface area contributed by atoms with E-state index in [2.05, 4.69) is 20.6 Å². The number of hydrogen-bond acceptors (Lipinski definition) is 4. The molecule has 2 rings (SSSR count). The maximum Gasteiger partial charge on any atom is 0.213 e. The number of pyridine rings is 1. The van der Waals surface area contributed by atoms with Gasteiger partial charge in [-0.15, -0.1) is 24.0 Å². The van der Waals surface area contributed by atoms with Crippen LogP contribution in [-0.2, 0) is 11.3 Å². The average molecular weight is 462 g/mol. The topological polar surface area (TPSA) is 67.8 Å². The molecule has 1 heterocycles. The van der Waals surface area contributed by atoms with Crippen LogP contribution in [-0.4, -0.2) is 44.9 Å². The number of rotatable bonds is 9. The second kappa shape index (κ2) is 11.5. The fraction of sp³-hybridized carbons (Fsp3) is 0.667. The molecule has 1 aromatic heterocycles. The lowest BCUT2D eigenvalue weighted by molar-refractivity contribution is 0.0732. The molecule has 1 aliphatic rings. The predicted octanol–water partition coefficient (Wildman–Crippen LogP) is 2.97. The Morgan fingerprint density at radius 1 is 1.36 bits per heavy atom. The highest BCUT2D eigenvalue weighted by molar-refractivity contribution is 14.0. The summed E-state index contributed by atoms with van der Waals surface area (Å²) in [6, 6.07) is 3.94. The van der Waals surface area contributed by atoms with Crippen LogP contribution in [0.4, 0.5) is 0 Å². The molecule has 1 saturated carbocycles. The van der Waals surface area contributed by atoms with Crippen LogP contribution in [0.15, 0.2) is 23.3 Å². The van der Waals surface area contributed by atoms with Crippen molar-refractivity contribution in [1.29, 1.82) is 0 Å². The van der Waals surface area contributed by atoms with Gasteiger partial charge >= 0.3 is 0 Å². The number of nitrogens with one attached hydrogen (secondary N) is 2. The van der Waals surface area contributed by atoms with Crippen LogP contribution in [0.3, 0.4) is 0 Å². The summed E-state index contributed by atoms with van der Waals surface area (Å²) < 4.78 is 10.7. The first kappa shape index (κ1) is 22.0. The third-order valence-corrected chi connectivity index (χ3v) is 4.66. The molecule has 1 fully saturated rings. The monoisotopic (exact) mass is 462 g/mol. The molecule has 0 atom stereocenters. The second-order valence-electron chi connectivity index (χ2n) is 6.31. The molecule has 1 aliphatic carbocycles. The van der Waals surface area contributed by atoms with E-state index < -0.39 is 0 Å². The molecular weight excluding hydrogens is 431 g/mol. The minimum atomic E-state index is 0. The number of aliphatic imine (C=N–C) groups is 1. The zero-order chi connectivity index (χ0) is 17.3. The van der Waals surface area contributed by atoms with Crippen molar-refractivity contribution >= 4 is 29.9 Å². The molecule has 6 nitrogen and oxygen atoms in total. The van der Waals surface area contributed by atoms with E-state index in [1.807, 2.05) is 19.1 Å². The van der Waals surface area contributed by atoms with Crippen LogP contribution in [0.1, 0.15) is 38.2 Å². The first-order chi connectivity index (χ1) is 11.7. The molecule has 0 saturated heterocycles. The molecule has 0 bridgehead atoms. The van der Waals surface area contributed by atoms with E-state index in [1.165, 1.54) is 19.3 Å². The summed E-state index contributed by atoms with van der Waals surface area (Å²) >= 11 is 0. The van der Waals surface area contributed by atoms with Gasteiger partial charge in [0, 0.05) is 46.1 Å². The maximum atomic E-state index is 5.43. The van der Waals surface area contributed by atoms with Crippen LogP contribution in [0.25, 0.3) is 0 Å². The SMILES string of the molecule is CCOc1cc(CNC(=NC)NCC2(CCOC)CCC2)ccn1.I. The van der Waals surface area contributed by atoms with Crippen molar-refractivity contribution in [1.82, 2.24) is 15.6 Å². The first-order valence-electron chi connectivity index (χ1n) is 8.72. The van der Waals surface area contributed by atoms with E-state index in [1.54, 1.807) is 20.4 Å². The molecular formula is C18H31IN4O2. The Balaban J connectivity index is 0.00000312. The highest BCUT2D eigenvalue weighted by Gasteiger charge is 2.36. The smallest absolute Gasteiger partial charge is 0.213 e. The molecule has 7 heteroatoms. The normalized spacial score (nSPS) is 15.7. The number of methoxy groups -OCH3 is 1. The molecule has 0 radical (unpaired) electrons. The van der Waals surface area contributed by atoms with Crippen molar-refractivity contribution in [3.63, 3.8) is 0 Å². The lowest BCUT2D eigenvalue weighted by atomic mass is 9.67. The molecule has 1 aromatic rings. The fourth-order valence-corrected chi connectivity index (χ4v) is 2.98. The summed E-state index contributed by atoms with van der Waals surface area (Å²) in [5.74, 6) is 1.49. The summed E-state index contributed by atoms with van der Waals surface area (Å²) in [6.07, 6.45) is 6.72. The molecule has 0 unspecified atom stereocenters. The Bertz CT molecular complexity index is 536. The van der Waals surface area contributed by atoms with Crippen LogP contribution >= 0.6 is 24.0 Å². The van der Waals surface area contributed by atoms with Gasteiger partial charge in [-0.25, -0.2) is 4.98 Å². The van der Waals surface area contributed by atoms with Crippen molar-refractivity contribution in [2.24, 2.45) is 10.4 Å². The minimum Gasteiger partial charge on any atom is -0.478 e. The molecule has 142 valence electrons. The molecule has 0 amide bonds. The largest absolute Gasteiger partial charge is 0.478 e. The predicted molar refractivity (Wildman–Crippen MR) is 112 cm³/mol. The summed E-state index contributed by atoms with van der Waals surface area (Å²) in [6.45, 7) is 5.03. The zero-order valence-electron chi connectivity index (χ0n) is 15.5. The zero-order valence-corrected chi connectivity index (χ0v) is 17.8. The minimum absolute atomic E-state index is 0. The standard InChI is InChI=1S/C18H30N4O2.HI/c1-4-24-16-12-15(6-10-20-16)13-21-17(19-2)22-14-18(7-5-8-18)9-11-23-3;/h6,10,12H,4-5,7-9,11,13-14H2,1-3H3,(H2,19,21,22);1H.